The Kier molecular flexibility index (Phi) is 2.31. The molecule has 0 amide bonds. The van der Waals surface area contributed by atoms with E-state index in [1.807, 2.05) is 29.5 Å². The van der Waals surface area contributed by atoms with E-state index >= 15 is 0 Å². The number of aromatic nitrogens is 2. The summed E-state index contributed by atoms with van der Waals surface area (Å²) < 4.78 is 1.94. The predicted octanol–water partition coefficient (Wildman–Crippen LogP) is 2.58. The molecule has 3 nitrogen and oxygen atoms in total. The van der Waals surface area contributed by atoms with E-state index in [0.717, 1.165) is 23.3 Å². The molecule has 0 radical (unpaired) electrons. The minimum absolute atomic E-state index is 0.312. The molecular weight excluding hydrogens is 188 g/mol. The molecule has 0 aromatic carbocycles. The van der Waals surface area contributed by atoms with E-state index < -0.39 is 0 Å². The molecule has 0 saturated heterocycles. The van der Waals surface area contributed by atoms with Crippen LogP contribution in [0.1, 0.15) is 41.8 Å². The van der Waals surface area contributed by atoms with E-state index in [9.17, 15) is 4.79 Å². The third-order valence-corrected chi connectivity index (χ3v) is 2.54. The van der Waals surface area contributed by atoms with E-state index in [-0.39, 0.29) is 0 Å². The summed E-state index contributed by atoms with van der Waals surface area (Å²) >= 11 is 0. The lowest BCUT2D eigenvalue weighted by molar-refractivity contribution is 0.111. The van der Waals surface area contributed by atoms with Gasteiger partial charge in [-0.2, -0.15) is 0 Å². The van der Waals surface area contributed by atoms with Crippen molar-refractivity contribution in [3.05, 3.63) is 35.4 Å². The smallest absolute Gasteiger partial charge is 0.166 e. The van der Waals surface area contributed by atoms with Crippen molar-refractivity contribution in [1.82, 2.24) is 9.38 Å². The van der Waals surface area contributed by atoms with Gasteiger partial charge in [0.1, 0.15) is 5.82 Å². The Morgan fingerprint density at radius 1 is 1.40 bits per heavy atom. The zero-order valence-corrected chi connectivity index (χ0v) is 9.19. The molecule has 0 bridgehead atoms. The number of imidazole rings is 1. The molecule has 0 unspecified atom stereocenters. The number of nitrogens with zero attached hydrogens (tertiary/aromatic N) is 2. The Labute approximate surface area is 88.8 Å². The summed E-state index contributed by atoms with van der Waals surface area (Å²) in [5, 5.41) is 0. The van der Waals surface area contributed by atoms with Crippen molar-refractivity contribution in [2.75, 3.05) is 0 Å². The minimum Gasteiger partial charge on any atom is -0.296 e. The van der Waals surface area contributed by atoms with Crippen molar-refractivity contribution in [2.45, 2.75) is 26.7 Å². The van der Waals surface area contributed by atoms with Crippen LogP contribution >= 0.6 is 0 Å². The molecule has 15 heavy (non-hydrogen) atoms. The zero-order chi connectivity index (χ0) is 11.0. The SMILES string of the molecule is Cc1nc(C(C)C)n2c(C=O)cccc12. The van der Waals surface area contributed by atoms with Crippen LogP contribution in [-0.2, 0) is 0 Å². The Hall–Kier alpha value is -1.64. The Balaban J connectivity index is 2.88. The van der Waals surface area contributed by atoms with Gasteiger partial charge in [-0.3, -0.25) is 9.20 Å². The summed E-state index contributed by atoms with van der Waals surface area (Å²) in [6.45, 7) is 6.13. The lowest BCUT2D eigenvalue weighted by Crippen LogP contribution is -2.01. The molecule has 78 valence electrons. The Morgan fingerprint density at radius 3 is 2.73 bits per heavy atom. The van der Waals surface area contributed by atoms with Crippen molar-refractivity contribution in [2.24, 2.45) is 0 Å². The maximum Gasteiger partial charge on any atom is 0.166 e. The second-order valence-corrected chi connectivity index (χ2v) is 4.00. The predicted molar refractivity (Wildman–Crippen MR) is 59.4 cm³/mol. The monoisotopic (exact) mass is 202 g/mol. The maximum absolute atomic E-state index is 11.0. The average Bonchev–Trinajstić information content (AvgIpc) is 2.56. The van der Waals surface area contributed by atoms with Crippen LogP contribution in [0.5, 0.6) is 0 Å². The van der Waals surface area contributed by atoms with Crippen molar-refractivity contribution in [1.29, 1.82) is 0 Å². The molecule has 0 aliphatic heterocycles. The van der Waals surface area contributed by atoms with Gasteiger partial charge in [-0.05, 0) is 19.1 Å². The number of carbonyl (C=O) groups is 1. The van der Waals surface area contributed by atoms with E-state index in [0.29, 0.717) is 11.6 Å². The van der Waals surface area contributed by atoms with E-state index in [1.165, 1.54) is 0 Å². The van der Waals surface area contributed by atoms with Gasteiger partial charge in [0.05, 0.1) is 16.9 Å². The molecule has 2 heterocycles. The quantitative estimate of drug-likeness (QED) is 0.701. The van der Waals surface area contributed by atoms with Crippen LogP contribution in [0.15, 0.2) is 18.2 Å². The fourth-order valence-corrected chi connectivity index (χ4v) is 1.82. The van der Waals surface area contributed by atoms with Gasteiger partial charge in [-0.15, -0.1) is 0 Å². The number of fused-ring (bicyclic) bond motifs is 1. The highest BCUT2D eigenvalue weighted by molar-refractivity contribution is 5.75. The minimum atomic E-state index is 0.312. The van der Waals surface area contributed by atoms with Gasteiger partial charge in [0, 0.05) is 5.92 Å². The van der Waals surface area contributed by atoms with Crippen LogP contribution in [-0.4, -0.2) is 15.7 Å². The normalized spacial score (nSPS) is 11.2. The highest BCUT2D eigenvalue weighted by atomic mass is 16.1. The summed E-state index contributed by atoms with van der Waals surface area (Å²) in [7, 11) is 0. The zero-order valence-electron chi connectivity index (χ0n) is 9.19. The maximum atomic E-state index is 11.0. The topological polar surface area (TPSA) is 34.4 Å². The van der Waals surface area contributed by atoms with Crippen molar-refractivity contribution in [3.63, 3.8) is 0 Å². The summed E-state index contributed by atoms with van der Waals surface area (Å²) in [6, 6.07) is 5.69. The summed E-state index contributed by atoms with van der Waals surface area (Å²) in [5.74, 6) is 1.26. The lowest BCUT2D eigenvalue weighted by Gasteiger charge is -2.06. The first-order valence-corrected chi connectivity index (χ1v) is 5.08. The first-order chi connectivity index (χ1) is 7.15. The number of pyridine rings is 1. The van der Waals surface area contributed by atoms with Crippen molar-refractivity contribution >= 4 is 11.8 Å². The van der Waals surface area contributed by atoms with Crippen LogP contribution in [0, 0.1) is 6.92 Å². The van der Waals surface area contributed by atoms with Crippen LogP contribution in [0.3, 0.4) is 0 Å². The molecule has 0 saturated carbocycles. The molecule has 2 aromatic rings. The van der Waals surface area contributed by atoms with Gasteiger partial charge in [0.15, 0.2) is 6.29 Å². The third-order valence-electron chi connectivity index (χ3n) is 2.54. The van der Waals surface area contributed by atoms with Crippen LogP contribution < -0.4 is 0 Å². The van der Waals surface area contributed by atoms with Crippen molar-refractivity contribution in [3.8, 4) is 0 Å². The molecule has 3 heteroatoms. The lowest BCUT2D eigenvalue weighted by atomic mass is 10.2. The van der Waals surface area contributed by atoms with Gasteiger partial charge in [0.2, 0.25) is 0 Å². The standard InChI is InChI=1S/C12H14N2O/c1-8(2)12-13-9(3)11-6-4-5-10(7-15)14(11)12/h4-8H,1-3H3. The molecule has 2 rings (SSSR count). The van der Waals surface area contributed by atoms with Gasteiger partial charge in [0.25, 0.3) is 0 Å². The summed E-state index contributed by atoms with van der Waals surface area (Å²) in [5.41, 5.74) is 2.66. The van der Waals surface area contributed by atoms with E-state index in [2.05, 4.69) is 18.8 Å². The molecule has 0 aliphatic carbocycles. The Morgan fingerprint density at radius 2 is 2.13 bits per heavy atom. The van der Waals surface area contributed by atoms with Gasteiger partial charge < -0.3 is 0 Å². The second kappa shape index (κ2) is 3.50. The molecular formula is C12H14N2O. The number of carbonyl (C=O) groups excluding carboxylic acids is 1. The first kappa shape index (κ1) is 9.90. The summed E-state index contributed by atoms with van der Waals surface area (Å²) in [4.78, 5) is 15.5. The molecule has 0 spiro atoms. The average molecular weight is 202 g/mol. The molecule has 0 atom stereocenters. The van der Waals surface area contributed by atoms with Gasteiger partial charge in [-0.1, -0.05) is 19.9 Å². The number of hydrogen-bond acceptors (Lipinski definition) is 2. The van der Waals surface area contributed by atoms with Crippen LogP contribution in [0.2, 0.25) is 0 Å². The molecule has 0 fully saturated rings. The highest BCUT2D eigenvalue weighted by Crippen LogP contribution is 2.20. The van der Waals surface area contributed by atoms with Crippen LogP contribution in [0.4, 0.5) is 0 Å². The number of rotatable bonds is 2. The first-order valence-electron chi connectivity index (χ1n) is 5.08. The molecule has 0 aliphatic rings. The molecule has 0 N–H and O–H groups in total. The molecule has 2 aromatic heterocycles. The largest absolute Gasteiger partial charge is 0.296 e. The highest BCUT2D eigenvalue weighted by Gasteiger charge is 2.12. The number of aryl methyl sites for hydroxylation is 1. The fraction of sp³-hybridized carbons (Fsp3) is 0.333. The number of hydrogen-bond donors (Lipinski definition) is 0. The van der Waals surface area contributed by atoms with E-state index in [1.54, 1.807) is 0 Å². The Bertz CT molecular complexity index is 512. The second-order valence-electron chi connectivity index (χ2n) is 4.00. The fourth-order valence-electron chi connectivity index (χ4n) is 1.82. The van der Waals surface area contributed by atoms with Crippen LogP contribution in [0.25, 0.3) is 5.52 Å². The third kappa shape index (κ3) is 1.44. The summed E-state index contributed by atoms with van der Waals surface area (Å²) in [6.07, 6.45) is 0.875. The van der Waals surface area contributed by atoms with Crippen molar-refractivity contribution < 1.29 is 4.79 Å². The van der Waals surface area contributed by atoms with Gasteiger partial charge >= 0.3 is 0 Å². The number of aldehydes is 1. The van der Waals surface area contributed by atoms with Gasteiger partial charge in [-0.25, -0.2) is 4.98 Å². The van der Waals surface area contributed by atoms with E-state index in [4.69, 9.17) is 0 Å².